The Bertz CT molecular complexity index is 309. The number of rotatable bonds is 7. The summed E-state index contributed by atoms with van der Waals surface area (Å²) in [5.74, 6) is 3.11. The molecule has 0 bridgehead atoms. The molecular formula is C14H24N2S. The number of thioether (sulfide) groups is 1. The second-order valence-corrected chi connectivity index (χ2v) is 5.85. The van der Waals surface area contributed by atoms with Gasteiger partial charge in [-0.2, -0.15) is 11.8 Å². The Kier molecular flexibility index (Phi) is 6.60. The van der Waals surface area contributed by atoms with Crippen LogP contribution >= 0.6 is 11.8 Å². The van der Waals surface area contributed by atoms with E-state index in [0.717, 1.165) is 23.9 Å². The molecule has 1 aromatic heterocycles. The fraction of sp³-hybridized carbons (Fsp3) is 0.643. The normalized spacial score (nSPS) is 13.0. The first kappa shape index (κ1) is 14.5. The second-order valence-electron chi connectivity index (χ2n) is 4.77. The molecule has 0 aliphatic rings. The Balaban J connectivity index is 2.55. The standard InChI is InChI=1S/C14H24N2S/c1-5-15-14(10-17-9-11(2)3)13-7-6-12(4)16-8-13/h6-8,11,14-15H,5,9-10H2,1-4H3. The van der Waals surface area contributed by atoms with E-state index in [1.165, 1.54) is 11.3 Å². The minimum absolute atomic E-state index is 0.428. The van der Waals surface area contributed by atoms with Crippen molar-refractivity contribution in [3.05, 3.63) is 29.6 Å². The van der Waals surface area contributed by atoms with Crippen LogP contribution in [0.1, 0.15) is 38.1 Å². The molecule has 96 valence electrons. The topological polar surface area (TPSA) is 24.9 Å². The minimum atomic E-state index is 0.428. The van der Waals surface area contributed by atoms with E-state index in [9.17, 15) is 0 Å². The molecule has 1 aromatic rings. The molecule has 0 radical (unpaired) electrons. The predicted molar refractivity (Wildman–Crippen MR) is 77.6 cm³/mol. The van der Waals surface area contributed by atoms with Crippen LogP contribution in [-0.4, -0.2) is 23.0 Å². The van der Waals surface area contributed by atoms with Gasteiger partial charge in [0.25, 0.3) is 0 Å². The molecule has 17 heavy (non-hydrogen) atoms. The number of aromatic nitrogens is 1. The first-order valence-corrected chi connectivity index (χ1v) is 7.52. The first-order valence-electron chi connectivity index (χ1n) is 6.37. The summed E-state index contributed by atoms with van der Waals surface area (Å²) in [5.41, 5.74) is 2.38. The number of aryl methyl sites for hydroxylation is 1. The van der Waals surface area contributed by atoms with E-state index >= 15 is 0 Å². The van der Waals surface area contributed by atoms with Gasteiger partial charge in [0.15, 0.2) is 0 Å². The Morgan fingerprint density at radius 2 is 2.06 bits per heavy atom. The third kappa shape index (κ3) is 5.55. The van der Waals surface area contributed by atoms with Crippen molar-refractivity contribution in [1.29, 1.82) is 0 Å². The molecule has 1 atom stereocenters. The average molecular weight is 252 g/mol. The first-order chi connectivity index (χ1) is 8.13. The van der Waals surface area contributed by atoms with Gasteiger partial charge in [-0.3, -0.25) is 4.98 Å². The lowest BCUT2D eigenvalue weighted by Crippen LogP contribution is -2.23. The van der Waals surface area contributed by atoms with Gasteiger partial charge in [0, 0.05) is 23.7 Å². The minimum Gasteiger partial charge on any atom is -0.309 e. The van der Waals surface area contributed by atoms with Crippen molar-refractivity contribution in [3.63, 3.8) is 0 Å². The molecular weight excluding hydrogens is 228 g/mol. The maximum Gasteiger partial charge on any atom is 0.0427 e. The average Bonchev–Trinajstić information content (AvgIpc) is 2.29. The molecule has 1 rings (SSSR count). The molecule has 0 aliphatic heterocycles. The lowest BCUT2D eigenvalue weighted by molar-refractivity contribution is 0.602. The summed E-state index contributed by atoms with van der Waals surface area (Å²) in [7, 11) is 0. The number of hydrogen-bond acceptors (Lipinski definition) is 3. The molecule has 3 heteroatoms. The highest BCUT2D eigenvalue weighted by Crippen LogP contribution is 2.19. The Labute approximate surface area is 110 Å². The fourth-order valence-electron chi connectivity index (χ4n) is 1.63. The number of nitrogens with one attached hydrogen (secondary N) is 1. The highest BCUT2D eigenvalue weighted by Gasteiger charge is 2.10. The van der Waals surface area contributed by atoms with Crippen molar-refractivity contribution in [2.24, 2.45) is 5.92 Å². The van der Waals surface area contributed by atoms with Crippen LogP contribution in [0.25, 0.3) is 0 Å². The summed E-state index contributed by atoms with van der Waals surface area (Å²) in [6.45, 7) is 9.72. The molecule has 0 fully saturated rings. The maximum atomic E-state index is 4.38. The zero-order chi connectivity index (χ0) is 12.7. The van der Waals surface area contributed by atoms with Gasteiger partial charge in [-0.05, 0) is 36.8 Å². The van der Waals surface area contributed by atoms with E-state index < -0.39 is 0 Å². The van der Waals surface area contributed by atoms with Gasteiger partial charge in [0.1, 0.15) is 0 Å². The van der Waals surface area contributed by atoms with Crippen molar-refractivity contribution in [2.45, 2.75) is 33.7 Å². The van der Waals surface area contributed by atoms with Crippen molar-refractivity contribution in [1.82, 2.24) is 10.3 Å². The molecule has 0 saturated heterocycles. The van der Waals surface area contributed by atoms with Gasteiger partial charge in [0.2, 0.25) is 0 Å². The number of pyridine rings is 1. The van der Waals surface area contributed by atoms with E-state index in [2.05, 4.69) is 43.2 Å². The zero-order valence-corrected chi connectivity index (χ0v) is 12.2. The summed E-state index contributed by atoms with van der Waals surface area (Å²) in [6, 6.07) is 4.70. The summed E-state index contributed by atoms with van der Waals surface area (Å²) < 4.78 is 0. The van der Waals surface area contributed by atoms with Crippen LogP contribution in [0.4, 0.5) is 0 Å². The zero-order valence-electron chi connectivity index (χ0n) is 11.4. The van der Waals surface area contributed by atoms with Crippen LogP contribution < -0.4 is 5.32 Å². The molecule has 1 N–H and O–H groups in total. The highest BCUT2D eigenvalue weighted by molar-refractivity contribution is 7.99. The third-order valence-corrected chi connectivity index (χ3v) is 3.99. The monoisotopic (exact) mass is 252 g/mol. The summed E-state index contributed by atoms with van der Waals surface area (Å²) in [4.78, 5) is 4.38. The Morgan fingerprint density at radius 3 is 2.59 bits per heavy atom. The van der Waals surface area contributed by atoms with Crippen molar-refractivity contribution < 1.29 is 0 Å². The lowest BCUT2D eigenvalue weighted by Gasteiger charge is -2.18. The van der Waals surface area contributed by atoms with Crippen LogP contribution in [0.3, 0.4) is 0 Å². The van der Waals surface area contributed by atoms with Gasteiger partial charge in [-0.1, -0.05) is 26.8 Å². The number of hydrogen-bond donors (Lipinski definition) is 1. The molecule has 0 aromatic carbocycles. The molecule has 0 amide bonds. The molecule has 0 saturated carbocycles. The van der Waals surface area contributed by atoms with Crippen molar-refractivity contribution >= 4 is 11.8 Å². The highest BCUT2D eigenvalue weighted by atomic mass is 32.2. The van der Waals surface area contributed by atoms with Crippen LogP contribution in [0, 0.1) is 12.8 Å². The second kappa shape index (κ2) is 7.72. The van der Waals surface area contributed by atoms with Gasteiger partial charge in [-0.25, -0.2) is 0 Å². The molecule has 0 aliphatic carbocycles. The van der Waals surface area contributed by atoms with E-state index in [-0.39, 0.29) is 0 Å². The van der Waals surface area contributed by atoms with Crippen molar-refractivity contribution in [3.8, 4) is 0 Å². The van der Waals surface area contributed by atoms with Crippen LogP contribution in [0.5, 0.6) is 0 Å². The Morgan fingerprint density at radius 1 is 1.29 bits per heavy atom. The predicted octanol–water partition coefficient (Wildman–Crippen LogP) is 3.43. The summed E-state index contributed by atoms with van der Waals surface area (Å²) in [6.07, 6.45) is 2.00. The SMILES string of the molecule is CCNC(CSCC(C)C)c1ccc(C)nc1. The smallest absolute Gasteiger partial charge is 0.0427 e. The van der Waals surface area contributed by atoms with E-state index in [0.29, 0.717) is 6.04 Å². The van der Waals surface area contributed by atoms with Gasteiger partial charge >= 0.3 is 0 Å². The summed E-state index contributed by atoms with van der Waals surface area (Å²) in [5, 5.41) is 3.53. The quantitative estimate of drug-likeness (QED) is 0.805. The largest absolute Gasteiger partial charge is 0.309 e. The van der Waals surface area contributed by atoms with E-state index in [4.69, 9.17) is 0 Å². The maximum absolute atomic E-state index is 4.38. The Hall–Kier alpha value is -0.540. The van der Waals surface area contributed by atoms with Crippen LogP contribution in [0.2, 0.25) is 0 Å². The van der Waals surface area contributed by atoms with Gasteiger partial charge in [0.05, 0.1) is 0 Å². The molecule has 1 unspecified atom stereocenters. The molecule has 1 heterocycles. The molecule has 2 nitrogen and oxygen atoms in total. The molecule has 0 spiro atoms. The number of nitrogens with zero attached hydrogens (tertiary/aromatic N) is 1. The summed E-state index contributed by atoms with van der Waals surface area (Å²) >= 11 is 2.02. The lowest BCUT2D eigenvalue weighted by atomic mass is 10.1. The van der Waals surface area contributed by atoms with Gasteiger partial charge in [-0.15, -0.1) is 0 Å². The van der Waals surface area contributed by atoms with Crippen molar-refractivity contribution in [2.75, 3.05) is 18.1 Å². The third-order valence-electron chi connectivity index (χ3n) is 2.52. The van der Waals surface area contributed by atoms with Gasteiger partial charge < -0.3 is 5.32 Å². The van der Waals surface area contributed by atoms with Crippen LogP contribution in [0.15, 0.2) is 18.3 Å². The van der Waals surface area contributed by atoms with E-state index in [1.807, 2.05) is 24.9 Å². The van der Waals surface area contributed by atoms with E-state index in [1.54, 1.807) is 0 Å². The fourth-order valence-corrected chi connectivity index (χ4v) is 2.78. The van der Waals surface area contributed by atoms with Crippen LogP contribution in [-0.2, 0) is 0 Å².